The maximum absolute atomic E-state index is 4.99. The molecule has 0 unspecified atom stereocenters. The fraction of sp³-hybridized carbons (Fsp3) is 0.533. The summed E-state index contributed by atoms with van der Waals surface area (Å²) in [5.41, 5.74) is 5.25. The summed E-state index contributed by atoms with van der Waals surface area (Å²) in [4.78, 5) is 7.41. The molecule has 22 heavy (non-hydrogen) atoms. The van der Waals surface area contributed by atoms with E-state index in [1.165, 1.54) is 23.1 Å². The molecule has 0 saturated carbocycles. The van der Waals surface area contributed by atoms with Gasteiger partial charge in [0.25, 0.3) is 0 Å². The van der Waals surface area contributed by atoms with Gasteiger partial charge in [0.1, 0.15) is 5.52 Å². The van der Waals surface area contributed by atoms with E-state index in [0.29, 0.717) is 0 Å². The third-order valence-electron chi connectivity index (χ3n) is 4.62. The van der Waals surface area contributed by atoms with Crippen molar-refractivity contribution in [2.24, 2.45) is 0 Å². The van der Waals surface area contributed by atoms with Crippen LogP contribution in [0.4, 0.5) is 5.95 Å². The van der Waals surface area contributed by atoms with E-state index in [2.05, 4.69) is 53.6 Å². The predicted octanol–water partition coefficient (Wildman–Crippen LogP) is 3.65. The molecule has 1 fully saturated rings. The Kier molecular flexibility index (Phi) is 4.74. The van der Waals surface area contributed by atoms with Gasteiger partial charge in [-0.1, -0.05) is 0 Å². The summed E-state index contributed by atoms with van der Waals surface area (Å²) in [6.07, 6.45) is 2.35. The van der Waals surface area contributed by atoms with Crippen molar-refractivity contribution in [3.63, 3.8) is 0 Å². The van der Waals surface area contributed by atoms with Crippen LogP contribution in [-0.2, 0) is 13.0 Å². The summed E-state index contributed by atoms with van der Waals surface area (Å²) >= 11 is 7.46. The third-order valence-corrected chi connectivity index (χ3v) is 6.92. The quantitative estimate of drug-likeness (QED) is 0.720. The number of rotatable bonds is 1. The first-order valence-electron chi connectivity index (χ1n) is 7.51. The van der Waals surface area contributed by atoms with Crippen molar-refractivity contribution in [2.75, 3.05) is 31.1 Å². The molecule has 0 amide bonds. The topological polar surface area (TPSA) is 33.1 Å². The largest absolute Gasteiger partial charge is 0.340 e. The minimum atomic E-state index is 0. The SMILES string of the molecule is Cc1c(Br)c(Br)c2nc(N3CCNCC3)n3c2c1CCC3.Cl. The number of aryl methyl sites for hydroxylation is 2. The van der Waals surface area contributed by atoms with Gasteiger partial charge in [-0.3, -0.25) is 0 Å². The molecule has 7 heteroatoms. The zero-order valence-corrected chi connectivity index (χ0v) is 16.4. The van der Waals surface area contributed by atoms with Crippen LogP contribution in [0.15, 0.2) is 8.95 Å². The van der Waals surface area contributed by atoms with E-state index in [9.17, 15) is 0 Å². The molecule has 1 aromatic heterocycles. The number of nitrogens with zero attached hydrogens (tertiary/aromatic N) is 3. The molecule has 2 aliphatic rings. The van der Waals surface area contributed by atoms with Crippen LogP contribution in [-0.4, -0.2) is 35.7 Å². The molecule has 2 aliphatic heterocycles. The van der Waals surface area contributed by atoms with Crippen LogP contribution < -0.4 is 10.2 Å². The summed E-state index contributed by atoms with van der Waals surface area (Å²) in [6.45, 7) is 7.44. The van der Waals surface area contributed by atoms with Crippen molar-refractivity contribution >= 4 is 61.2 Å². The first-order valence-corrected chi connectivity index (χ1v) is 9.09. The summed E-state index contributed by atoms with van der Waals surface area (Å²) in [5, 5.41) is 3.42. The van der Waals surface area contributed by atoms with E-state index in [1.54, 1.807) is 0 Å². The molecular weight excluding hydrogens is 431 g/mol. The van der Waals surface area contributed by atoms with Crippen LogP contribution in [0.5, 0.6) is 0 Å². The van der Waals surface area contributed by atoms with Crippen LogP contribution in [0.2, 0.25) is 0 Å². The van der Waals surface area contributed by atoms with Crippen LogP contribution in [0.1, 0.15) is 17.5 Å². The zero-order valence-electron chi connectivity index (χ0n) is 12.5. The predicted molar refractivity (Wildman–Crippen MR) is 101 cm³/mol. The number of anilines is 1. The van der Waals surface area contributed by atoms with E-state index < -0.39 is 0 Å². The summed E-state index contributed by atoms with van der Waals surface area (Å²) in [5.74, 6) is 1.14. The number of hydrogen-bond acceptors (Lipinski definition) is 3. The van der Waals surface area contributed by atoms with Gasteiger partial charge in [-0.25, -0.2) is 4.98 Å². The number of halogens is 3. The van der Waals surface area contributed by atoms with Crippen molar-refractivity contribution in [3.05, 3.63) is 20.1 Å². The van der Waals surface area contributed by atoms with Gasteiger partial charge < -0.3 is 14.8 Å². The second kappa shape index (κ2) is 6.30. The minimum Gasteiger partial charge on any atom is -0.340 e. The number of aromatic nitrogens is 2. The van der Waals surface area contributed by atoms with E-state index in [1.807, 2.05) is 0 Å². The molecule has 1 aromatic carbocycles. The normalized spacial score (nSPS) is 17.7. The average molecular weight is 451 g/mol. The number of imidazole rings is 1. The molecule has 120 valence electrons. The Morgan fingerprint density at radius 3 is 2.55 bits per heavy atom. The highest BCUT2D eigenvalue weighted by Gasteiger charge is 2.26. The van der Waals surface area contributed by atoms with Crippen LogP contribution in [0, 0.1) is 6.92 Å². The average Bonchev–Trinajstić information content (AvgIpc) is 2.92. The number of hydrogen-bond donors (Lipinski definition) is 1. The van der Waals surface area contributed by atoms with Crippen molar-refractivity contribution < 1.29 is 0 Å². The molecule has 3 heterocycles. The Bertz CT molecular complexity index is 722. The third kappa shape index (κ3) is 2.39. The van der Waals surface area contributed by atoms with Crippen LogP contribution >= 0.6 is 44.3 Å². The smallest absolute Gasteiger partial charge is 0.206 e. The lowest BCUT2D eigenvalue weighted by molar-refractivity contribution is 0.555. The Labute approximate surface area is 153 Å². The molecule has 2 aromatic rings. The molecule has 0 radical (unpaired) electrons. The van der Waals surface area contributed by atoms with Gasteiger partial charge in [-0.2, -0.15) is 0 Å². The maximum Gasteiger partial charge on any atom is 0.206 e. The fourth-order valence-electron chi connectivity index (χ4n) is 3.52. The number of piperazine rings is 1. The summed E-state index contributed by atoms with van der Waals surface area (Å²) < 4.78 is 4.68. The first-order chi connectivity index (χ1) is 10.2. The first kappa shape index (κ1) is 16.6. The molecule has 4 nitrogen and oxygen atoms in total. The Hall–Kier alpha value is -0.300. The standard InChI is InChI=1S/C15H18Br2N4.ClH/c1-9-10-3-2-6-21-14(10)13(12(17)11(9)16)19-15(21)20-7-4-18-5-8-20;/h18H,2-8H2,1H3;1H. The fourth-order valence-corrected chi connectivity index (χ4v) is 4.52. The number of benzene rings is 1. The molecule has 1 N–H and O–H groups in total. The van der Waals surface area contributed by atoms with Crippen molar-refractivity contribution in [1.29, 1.82) is 0 Å². The summed E-state index contributed by atoms with van der Waals surface area (Å²) in [6, 6.07) is 0. The molecular formula is C15H19Br2ClN4. The minimum absolute atomic E-state index is 0. The Balaban J connectivity index is 0.00000144. The second-order valence-electron chi connectivity index (χ2n) is 5.83. The van der Waals surface area contributed by atoms with Crippen molar-refractivity contribution in [1.82, 2.24) is 14.9 Å². The molecule has 0 atom stereocenters. The highest BCUT2D eigenvalue weighted by atomic mass is 79.9. The van der Waals surface area contributed by atoms with Gasteiger partial charge in [-0.05, 0) is 62.8 Å². The molecule has 0 aliphatic carbocycles. The van der Waals surface area contributed by atoms with Gasteiger partial charge in [0, 0.05) is 37.2 Å². The van der Waals surface area contributed by atoms with E-state index >= 15 is 0 Å². The molecule has 0 bridgehead atoms. The highest BCUT2D eigenvalue weighted by Crippen LogP contribution is 2.41. The van der Waals surface area contributed by atoms with E-state index in [4.69, 9.17) is 4.98 Å². The molecule has 1 saturated heterocycles. The van der Waals surface area contributed by atoms with Gasteiger partial charge in [0.15, 0.2) is 0 Å². The summed E-state index contributed by atoms with van der Waals surface area (Å²) in [7, 11) is 0. The maximum atomic E-state index is 4.99. The van der Waals surface area contributed by atoms with Crippen molar-refractivity contribution in [2.45, 2.75) is 26.3 Å². The Morgan fingerprint density at radius 1 is 1.09 bits per heavy atom. The second-order valence-corrected chi connectivity index (χ2v) is 7.42. The molecule has 4 rings (SSSR count). The van der Waals surface area contributed by atoms with E-state index in [-0.39, 0.29) is 12.4 Å². The van der Waals surface area contributed by atoms with Gasteiger partial charge in [-0.15, -0.1) is 12.4 Å². The monoisotopic (exact) mass is 448 g/mol. The van der Waals surface area contributed by atoms with Crippen molar-refractivity contribution in [3.8, 4) is 0 Å². The van der Waals surface area contributed by atoms with Gasteiger partial charge >= 0.3 is 0 Å². The van der Waals surface area contributed by atoms with Gasteiger partial charge in [0.2, 0.25) is 5.95 Å². The Morgan fingerprint density at radius 2 is 1.82 bits per heavy atom. The molecule has 0 spiro atoms. The lowest BCUT2D eigenvalue weighted by Gasteiger charge is -2.30. The lowest BCUT2D eigenvalue weighted by Crippen LogP contribution is -2.44. The number of nitrogens with one attached hydrogen (secondary N) is 1. The zero-order chi connectivity index (χ0) is 14.6. The lowest BCUT2D eigenvalue weighted by atomic mass is 9.99. The van der Waals surface area contributed by atoms with Gasteiger partial charge in [0.05, 0.1) is 9.99 Å². The van der Waals surface area contributed by atoms with Crippen LogP contribution in [0.3, 0.4) is 0 Å². The van der Waals surface area contributed by atoms with Crippen LogP contribution in [0.25, 0.3) is 11.0 Å². The van der Waals surface area contributed by atoms with E-state index in [0.717, 1.165) is 59.6 Å². The highest BCUT2D eigenvalue weighted by molar-refractivity contribution is 9.13.